The van der Waals surface area contributed by atoms with Crippen LogP contribution in [0.3, 0.4) is 0 Å². The Bertz CT molecular complexity index is 518. The molecule has 0 unspecified atom stereocenters. The van der Waals surface area contributed by atoms with Crippen LogP contribution < -0.4 is 5.73 Å². The summed E-state index contributed by atoms with van der Waals surface area (Å²) in [5, 5.41) is 0. The second-order valence-corrected chi connectivity index (χ2v) is 7.23. The predicted molar refractivity (Wildman–Crippen MR) is 79.0 cm³/mol. The van der Waals surface area contributed by atoms with E-state index in [1.807, 2.05) is 30.3 Å². The molecular weight excluding hydrogens is 276 g/mol. The molecule has 0 spiro atoms. The molecule has 2 rings (SSSR count). The number of methoxy groups -OCH3 is 1. The van der Waals surface area contributed by atoms with Crippen LogP contribution >= 0.6 is 0 Å². The third-order valence-electron chi connectivity index (χ3n) is 3.88. The first-order valence-corrected chi connectivity index (χ1v) is 8.41. The van der Waals surface area contributed by atoms with Crippen molar-refractivity contribution in [2.24, 2.45) is 11.7 Å². The summed E-state index contributed by atoms with van der Waals surface area (Å²) in [6.45, 7) is 1.73. The quantitative estimate of drug-likeness (QED) is 0.836. The fourth-order valence-corrected chi connectivity index (χ4v) is 4.14. The van der Waals surface area contributed by atoms with E-state index in [9.17, 15) is 8.42 Å². The van der Waals surface area contributed by atoms with Gasteiger partial charge in [-0.25, -0.2) is 12.7 Å². The molecule has 6 heteroatoms. The largest absolute Gasteiger partial charge is 0.384 e. The highest BCUT2D eigenvalue weighted by molar-refractivity contribution is 7.89. The molecule has 1 aliphatic rings. The minimum absolute atomic E-state index is 0.0301. The van der Waals surface area contributed by atoms with Gasteiger partial charge in [0.15, 0.2) is 0 Å². The highest BCUT2D eigenvalue weighted by Crippen LogP contribution is 2.33. The maximum atomic E-state index is 12.2. The van der Waals surface area contributed by atoms with Crippen LogP contribution in [0.15, 0.2) is 30.3 Å². The van der Waals surface area contributed by atoms with Crippen molar-refractivity contribution in [1.82, 2.24) is 4.31 Å². The van der Waals surface area contributed by atoms with Crippen molar-refractivity contribution in [3.8, 4) is 0 Å². The van der Waals surface area contributed by atoms with E-state index >= 15 is 0 Å². The molecule has 2 N–H and O–H groups in total. The normalized spacial score (nSPS) is 24.1. The number of sulfonamides is 1. The van der Waals surface area contributed by atoms with E-state index in [2.05, 4.69) is 0 Å². The molecule has 5 nitrogen and oxygen atoms in total. The number of ether oxygens (including phenoxy) is 1. The Kier molecular flexibility index (Phi) is 5.15. The molecule has 2 atom stereocenters. The lowest BCUT2D eigenvalue weighted by molar-refractivity contribution is 0.215. The van der Waals surface area contributed by atoms with Crippen LogP contribution in [0.2, 0.25) is 0 Å². The van der Waals surface area contributed by atoms with Crippen LogP contribution in [-0.4, -0.2) is 51.8 Å². The lowest BCUT2D eigenvalue weighted by Gasteiger charge is -2.16. The molecule has 1 heterocycles. The molecule has 0 radical (unpaired) electrons. The van der Waals surface area contributed by atoms with Crippen LogP contribution in [0.5, 0.6) is 0 Å². The molecule has 1 saturated heterocycles. The van der Waals surface area contributed by atoms with Gasteiger partial charge in [0.25, 0.3) is 0 Å². The highest BCUT2D eigenvalue weighted by atomic mass is 32.2. The van der Waals surface area contributed by atoms with Gasteiger partial charge in [0, 0.05) is 26.1 Å². The predicted octanol–water partition coefficient (Wildman–Crippen LogP) is 0.637. The molecule has 0 saturated carbocycles. The lowest BCUT2D eigenvalue weighted by Crippen LogP contribution is -2.33. The van der Waals surface area contributed by atoms with E-state index in [-0.39, 0.29) is 24.2 Å². The van der Waals surface area contributed by atoms with Gasteiger partial charge >= 0.3 is 0 Å². The number of benzene rings is 1. The summed E-state index contributed by atoms with van der Waals surface area (Å²) in [5.41, 5.74) is 6.98. The minimum Gasteiger partial charge on any atom is -0.384 e. The fraction of sp³-hybridized carbons (Fsp3) is 0.571. The number of hydrogen-bond acceptors (Lipinski definition) is 4. The van der Waals surface area contributed by atoms with Crippen molar-refractivity contribution < 1.29 is 13.2 Å². The van der Waals surface area contributed by atoms with Crippen molar-refractivity contribution in [3.63, 3.8) is 0 Å². The highest BCUT2D eigenvalue weighted by Gasteiger charge is 2.38. The van der Waals surface area contributed by atoms with Crippen molar-refractivity contribution in [3.05, 3.63) is 35.9 Å². The Morgan fingerprint density at radius 1 is 1.30 bits per heavy atom. The summed E-state index contributed by atoms with van der Waals surface area (Å²) in [6, 6.07) is 10.00. The molecule has 1 fully saturated rings. The topological polar surface area (TPSA) is 72.6 Å². The van der Waals surface area contributed by atoms with Crippen LogP contribution in [0, 0.1) is 5.92 Å². The number of rotatable bonds is 6. The third-order valence-corrected chi connectivity index (χ3v) is 5.64. The standard InChI is InChI=1S/C14H22N2O3S/c1-19-7-8-20(17,18)16-10-13(9-15)14(11-16)12-5-3-2-4-6-12/h2-6,13-14H,7-11,15H2,1H3/t13-,14+/m1/s1. The average Bonchev–Trinajstić information content (AvgIpc) is 2.91. The van der Waals surface area contributed by atoms with Gasteiger partial charge in [-0.2, -0.15) is 0 Å². The Labute approximate surface area is 120 Å². The van der Waals surface area contributed by atoms with E-state index < -0.39 is 10.0 Å². The van der Waals surface area contributed by atoms with E-state index in [1.165, 1.54) is 7.11 Å². The van der Waals surface area contributed by atoms with Gasteiger partial charge in [0.05, 0.1) is 12.4 Å². The maximum absolute atomic E-state index is 12.2. The van der Waals surface area contributed by atoms with Crippen LogP contribution in [0.4, 0.5) is 0 Å². The zero-order chi connectivity index (χ0) is 14.6. The summed E-state index contributed by atoms with van der Waals surface area (Å²) in [5.74, 6) is 0.385. The Morgan fingerprint density at radius 3 is 2.60 bits per heavy atom. The van der Waals surface area contributed by atoms with Crippen molar-refractivity contribution >= 4 is 10.0 Å². The Morgan fingerprint density at radius 2 is 2.00 bits per heavy atom. The molecule has 0 aliphatic carbocycles. The van der Waals surface area contributed by atoms with Crippen molar-refractivity contribution in [2.75, 3.05) is 39.1 Å². The molecule has 20 heavy (non-hydrogen) atoms. The fourth-order valence-electron chi connectivity index (χ4n) is 2.69. The van der Waals surface area contributed by atoms with E-state index in [1.54, 1.807) is 4.31 Å². The SMILES string of the molecule is COCCS(=O)(=O)N1C[C@@H](CN)[C@H](c2ccccc2)C1. The molecule has 0 amide bonds. The molecule has 112 valence electrons. The molecule has 0 bridgehead atoms. The first kappa shape index (κ1) is 15.4. The van der Waals surface area contributed by atoms with Crippen molar-refractivity contribution in [2.45, 2.75) is 5.92 Å². The molecule has 1 aliphatic heterocycles. The molecule has 1 aromatic rings. The van der Waals surface area contributed by atoms with Crippen molar-refractivity contribution in [1.29, 1.82) is 0 Å². The smallest absolute Gasteiger partial charge is 0.216 e. The summed E-state index contributed by atoms with van der Waals surface area (Å²) in [7, 11) is -1.74. The second-order valence-electron chi connectivity index (χ2n) is 5.14. The first-order chi connectivity index (χ1) is 9.58. The van der Waals surface area contributed by atoms with Crippen LogP contribution in [-0.2, 0) is 14.8 Å². The van der Waals surface area contributed by atoms with E-state index in [0.29, 0.717) is 19.6 Å². The summed E-state index contributed by atoms with van der Waals surface area (Å²) < 4.78 is 30.9. The maximum Gasteiger partial charge on any atom is 0.216 e. The van der Waals surface area contributed by atoms with Crippen LogP contribution in [0.25, 0.3) is 0 Å². The summed E-state index contributed by atoms with van der Waals surface area (Å²) >= 11 is 0. The average molecular weight is 298 g/mol. The monoisotopic (exact) mass is 298 g/mol. The minimum atomic E-state index is -3.25. The lowest BCUT2D eigenvalue weighted by atomic mass is 9.89. The number of nitrogens with zero attached hydrogens (tertiary/aromatic N) is 1. The van der Waals surface area contributed by atoms with Gasteiger partial charge in [0.2, 0.25) is 10.0 Å². The molecule has 1 aromatic carbocycles. The number of nitrogens with two attached hydrogens (primary N) is 1. The summed E-state index contributed by atoms with van der Waals surface area (Å²) in [6.07, 6.45) is 0. The van der Waals surface area contributed by atoms with E-state index in [0.717, 1.165) is 5.56 Å². The van der Waals surface area contributed by atoms with Gasteiger partial charge < -0.3 is 10.5 Å². The van der Waals surface area contributed by atoms with Crippen LogP contribution in [0.1, 0.15) is 11.5 Å². The van der Waals surface area contributed by atoms with E-state index in [4.69, 9.17) is 10.5 Å². The van der Waals surface area contributed by atoms with Gasteiger partial charge in [0.1, 0.15) is 0 Å². The summed E-state index contributed by atoms with van der Waals surface area (Å²) in [4.78, 5) is 0. The van der Waals surface area contributed by atoms with Gasteiger partial charge in [-0.3, -0.25) is 0 Å². The zero-order valence-electron chi connectivity index (χ0n) is 11.7. The Hall–Kier alpha value is -0.950. The second kappa shape index (κ2) is 6.67. The van der Waals surface area contributed by atoms with Gasteiger partial charge in [-0.1, -0.05) is 30.3 Å². The zero-order valence-corrected chi connectivity index (χ0v) is 12.6. The first-order valence-electron chi connectivity index (χ1n) is 6.80. The third kappa shape index (κ3) is 3.38. The van der Waals surface area contributed by atoms with Gasteiger partial charge in [-0.05, 0) is 18.0 Å². The molecule has 0 aromatic heterocycles. The molecular formula is C14H22N2O3S. The van der Waals surface area contributed by atoms with Gasteiger partial charge in [-0.15, -0.1) is 0 Å². The number of hydrogen-bond donors (Lipinski definition) is 1. The Balaban J connectivity index is 2.14.